The number of imidazole rings is 1. The van der Waals surface area contributed by atoms with E-state index in [0.717, 1.165) is 36.9 Å². The standard InChI is InChI=1S/C27H32F3N3O3/c1-15(2)36-23-12-22-21(11-20(23)24(34)35)32-25(31-18-8-6-17(7-9-18)27(28,29)30)33(22)19-10-16(3)13-26(4,5)14-19/h6-9,11-12,15-16,19H,10,13-14H2,1-5H3,(H,31,32)(H,34,35). The van der Waals surface area contributed by atoms with Gasteiger partial charge >= 0.3 is 12.1 Å². The van der Waals surface area contributed by atoms with Crippen LogP contribution in [0, 0.1) is 11.3 Å². The van der Waals surface area contributed by atoms with Crippen molar-refractivity contribution in [1.29, 1.82) is 0 Å². The normalized spacial score (nSPS) is 20.0. The molecule has 0 bridgehead atoms. The van der Waals surface area contributed by atoms with Crippen molar-refractivity contribution in [1.82, 2.24) is 9.55 Å². The lowest BCUT2D eigenvalue weighted by Gasteiger charge is -2.40. The maximum Gasteiger partial charge on any atom is 0.416 e. The van der Waals surface area contributed by atoms with Crippen LogP contribution in [0.3, 0.4) is 0 Å². The highest BCUT2D eigenvalue weighted by molar-refractivity contribution is 5.96. The van der Waals surface area contributed by atoms with Gasteiger partial charge < -0.3 is 19.7 Å². The van der Waals surface area contributed by atoms with E-state index in [0.29, 0.717) is 23.1 Å². The first-order chi connectivity index (χ1) is 16.7. The Balaban J connectivity index is 1.86. The van der Waals surface area contributed by atoms with Gasteiger partial charge in [0, 0.05) is 17.8 Å². The maximum atomic E-state index is 13.0. The Morgan fingerprint density at radius 1 is 1.19 bits per heavy atom. The van der Waals surface area contributed by atoms with Crippen LogP contribution in [0.2, 0.25) is 0 Å². The predicted octanol–water partition coefficient (Wildman–Crippen LogP) is 7.67. The minimum atomic E-state index is -4.42. The molecule has 0 aliphatic heterocycles. The summed E-state index contributed by atoms with van der Waals surface area (Å²) in [6.07, 6.45) is -1.78. The average Bonchev–Trinajstić information content (AvgIpc) is 3.07. The molecule has 4 rings (SSSR count). The number of carboxylic acids is 1. The Kier molecular flexibility index (Phi) is 6.70. The summed E-state index contributed by atoms with van der Waals surface area (Å²) in [6.45, 7) is 10.3. The fourth-order valence-electron chi connectivity index (χ4n) is 5.46. The lowest BCUT2D eigenvalue weighted by Crippen LogP contribution is -2.29. The molecule has 3 aromatic rings. The fraction of sp³-hybridized carbons (Fsp3) is 0.481. The molecule has 1 aromatic heterocycles. The van der Waals surface area contributed by atoms with Gasteiger partial charge in [-0.2, -0.15) is 13.2 Å². The number of alkyl halides is 3. The molecular weight excluding hydrogens is 471 g/mol. The van der Waals surface area contributed by atoms with E-state index in [4.69, 9.17) is 9.72 Å². The Hall–Kier alpha value is -3.23. The van der Waals surface area contributed by atoms with Crippen molar-refractivity contribution in [2.24, 2.45) is 11.3 Å². The van der Waals surface area contributed by atoms with Crippen LogP contribution >= 0.6 is 0 Å². The number of aromatic nitrogens is 2. The molecule has 1 heterocycles. The number of hydrogen-bond acceptors (Lipinski definition) is 4. The lowest BCUT2D eigenvalue weighted by molar-refractivity contribution is -0.137. The van der Waals surface area contributed by atoms with Crippen LogP contribution in [0.5, 0.6) is 5.75 Å². The van der Waals surface area contributed by atoms with E-state index in [1.54, 1.807) is 6.07 Å². The summed E-state index contributed by atoms with van der Waals surface area (Å²) in [7, 11) is 0. The SMILES string of the molecule is CC1CC(n2c(Nc3ccc(C(F)(F)F)cc3)nc3cc(C(=O)O)c(OC(C)C)cc32)CC(C)(C)C1. The Bertz CT molecular complexity index is 1260. The molecule has 2 atom stereocenters. The van der Waals surface area contributed by atoms with Gasteiger partial charge in [-0.05, 0) is 74.8 Å². The van der Waals surface area contributed by atoms with Gasteiger partial charge in [0.15, 0.2) is 0 Å². The molecule has 2 aromatic carbocycles. The second kappa shape index (κ2) is 9.33. The highest BCUT2D eigenvalue weighted by Gasteiger charge is 2.35. The van der Waals surface area contributed by atoms with Crippen LogP contribution in [0.4, 0.5) is 24.8 Å². The molecule has 2 unspecified atom stereocenters. The minimum absolute atomic E-state index is 0.0132. The maximum absolute atomic E-state index is 13.0. The zero-order valence-corrected chi connectivity index (χ0v) is 21.1. The zero-order valence-electron chi connectivity index (χ0n) is 21.1. The van der Waals surface area contributed by atoms with Crippen LogP contribution < -0.4 is 10.1 Å². The fourth-order valence-corrected chi connectivity index (χ4v) is 5.46. The predicted molar refractivity (Wildman–Crippen MR) is 133 cm³/mol. The number of ether oxygens (including phenoxy) is 1. The first kappa shape index (κ1) is 25.9. The molecule has 194 valence electrons. The molecule has 2 N–H and O–H groups in total. The van der Waals surface area contributed by atoms with Crippen molar-refractivity contribution in [3.63, 3.8) is 0 Å². The Labute approximate surface area is 208 Å². The molecule has 1 aliphatic carbocycles. The summed E-state index contributed by atoms with van der Waals surface area (Å²) < 4.78 is 47.0. The van der Waals surface area contributed by atoms with E-state index >= 15 is 0 Å². The van der Waals surface area contributed by atoms with Gasteiger partial charge in [-0.25, -0.2) is 9.78 Å². The molecule has 1 fully saturated rings. The molecule has 1 aliphatic rings. The number of fused-ring (bicyclic) bond motifs is 1. The molecule has 6 nitrogen and oxygen atoms in total. The van der Waals surface area contributed by atoms with Crippen molar-refractivity contribution >= 4 is 28.6 Å². The topological polar surface area (TPSA) is 76.4 Å². The highest BCUT2D eigenvalue weighted by atomic mass is 19.4. The van der Waals surface area contributed by atoms with Gasteiger partial charge in [-0.15, -0.1) is 0 Å². The van der Waals surface area contributed by atoms with Gasteiger partial charge in [0.2, 0.25) is 5.95 Å². The van der Waals surface area contributed by atoms with Gasteiger partial charge in [-0.1, -0.05) is 20.8 Å². The third-order valence-electron chi connectivity index (χ3n) is 6.58. The number of anilines is 2. The number of rotatable bonds is 6. The Morgan fingerprint density at radius 3 is 2.42 bits per heavy atom. The number of benzene rings is 2. The zero-order chi connectivity index (χ0) is 26.4. The molecule has 1 saturated carbocycles. The summed E-state index contributed by atoms with van der Waals surface area (Å²) in [5, 5.41) is 13.0. The first-order valence-corrected chi connectivity index (χ1v) is 12.1. The molecule has 0 saturated heterocycles. The second-order valence-corrected chi connectivity index (χ2v) is 10.9. The molecule has 36 heavy (non-hydrogen) atoms. The van der Waals surface area contributed by atoms with Crippen molar-refractivity contribution in [2.45, 2.75) is 72.2 Å². The van der Waals surface area contributed by atoms with Crippen LogP contribution in [-0.2, 0) is 6.18 Å². The summed E-state index contributed by atoms with van der Waals surface area (Å²) in [5.41, 5.74) is 1.03. The first-order valence-electron chi connectivity index (χ1n) is 12.1. The number of halogens is 3. The molecule has 9 heteroatoms. The average molecular weight is 504 g/mol. The number of nitrogens with one attached hydrogen (secondary N) is 1. The summed E-state index contributed by atoms with van der Waals surface area (Å²) in [5.74, 6) is 0.0552. The summed E-state index contributed by atoms with van der Waals surface area (Å²) >= 11 is 0. The van der Waals surface area contributed by atoms with Crippen molar-refractivity contribution < 1.29 is 27.8 Å². The van der Waals surface area contributed by atoms with Crippen LogP contribution in [0.25, 0.3) is 11.0 Å². The van der Waals surface area contributed by atoms with Crippen molar-refractivity contribution in [3.05, 3.63) is 47.5 Å². The molecule has 0 radical (unpaired) electrons. The van der Waals surface area contributed by atoms with Crippen molar-refractivity contribution in [3.8, 4) is 5.75 Å². The van der Waals surface area contributed by atoms with Crippen LogP contribution in [0.1, 0.15) is 75.8 Å². The number of carboxylic acid groups (broad SMARTS) is 1. The highest BCUT2D eigenvalue weighted by Crippen LogP contribution is 2.46. The van der Waals surface area contributed by atoms with E-state index < -0.39 is 17.7 Å². The largest absolute Gasteiger partial charge is 0.490 e. The van der Waals surface area contributed by atoms with Crippen molar-refractivity contribution in [2.75, 3.05) is 5.32 Å². The molecular formula is C27H32F3N3O3. The number of nitrogens with zero attached hydrogens (tertiary/aromatic N) is 2. The summed E-state index contributed by atoms with van der Waals surface area (Å²) in [4.78, 5) is 16.7. The Morgan fingerprint density at radius 2 is 1.86 bits per heavy atom. The van der Waals surface area contributed by atoms with Crippen LogP contribution in [0.15, 0.2) is 36.4 Å². The van der Waals surface area contributed by atoms with E-state index in [9.17, 15) is 23.1 Å². The third kappa shape index (κ3) is 5.44. The van der Waals surface area contributed by atoms with E-state index in [2.05, 4.69) is 30.7 Å². The van der Waals surface area contributed by atoms with Gasteiger partial charge in [0.1, 0.15) is 11.3 Å². The smallest absolute Gasteiger partial charge is 0.416 e. The quantitative estimate of drug-likeness (QED) is 0.361. The van der Waals surface area contributed by atoms with Gasteiger partial charge in [0.25, 0.3) is 0 Å². The van der Waals surface area contributed by atoms with E-state index in [1.807, 2.05) is 13.8 Å². The lowest BCUT2D eigenvalue weighted by atomic mass is 9.70. The molecule has 0 amide bonds. The summed E-state index contributed by atoms with van der Waals surface area (Å²) in [6, 6.07) is 8.08. The number of aromatic carboxylic acids is 1. The third-order valence-corrected chi connectivity index (χ3v) is 6.58. The van der Waals surface area contributed by atoms with Gasteiger partial charge in [-0.3, -0.25) is 0 Å². The second-order valence-electron chi connectivity index (χ2n) is 10.9. The monoisotopic (exact) mass is 503 g/mol. The number of hydrogen-bond donors (Lipinski definition) is 2. The van der Waals surface area contributed by atoms with E-state index in [-0.39, 0.29) is 28.9 Å². The van der Waals surface area contributed by atoms with Crippen LogP contribution in [-0.4, -0.2) is 26.7 Å². The van der Waals surface area contributed by atoms with Gasteiger partial charge in [0.05, 0.1) is 22.7 Å². The minimum Gasteiger partial charge on any atom is -0.490 e. The molecule has 0 spiro atoms. The number of carbonyl (C=O) groups is 1. The van der Waals surface area contributed by atoms with E-state index in [1.165, 1.54) is 18.2 Å².